The molecular formula is C13H22N2O2. The molecule has 96 valence electrons. The molecule has 0 unspecified atom stereocenters. The van der Waals surface area contributed by atoms with E-state index in [9.17, 15) is 10.1 Å². The minimum atomic E-state index is -0.734. The van der Waals surface area contributed by atoms with E-state index in [1.165, 1.54) is 0 Å². The number of hydrogen-bond donors (Lipinski definition) is 0. The van der Waals surface area contributed by atoms with Crippen molar-refractivity contribution in [2.24, 2.45) is 11.3 Å². The van der Waals surface area contributed by atoms with Crippen LogP contribution in [0.5, 0.6) is 0 Å². The summed E-state index contributed by atoms with van der Waals surface area (Å²) in [4.78, 5) is 14.2. The fourth-order valence-electron chi connectivity index (χ4n) is 2.12. The Morgan fingerprint density at radius 2 is 2.18 bits per heavy atom. The average molecular weight is 238 g/mol. The van der Waals surface area contributed by atoms with Crippen molar-refractivity contribution in [3.05, 3.63) is 0 Å². The molecule has 1 amide bonds. The van der Waals surface area contributed by atoms with Gasteiger partial charge in [-0.1, -0.05) is 13.8 Å². The van der Waals surface area contributed by atoms with Gasteiger partial charge < -0.3 is 9.64 Å². The summed E-state index contributed by atoms with van der Waals surface area (Å²) >= 11 is 0. The van der Waals surface area contributed by atoms with Gasteiger partial charge in [-0.2, -0.15) is 5.26 Å². The van der Waals surface area contributed by atoms with Gasteiger partial charge in [-0.25, -0.2) is 0 Å². The summed E-state index contributed by atoms with van der Waals surface area (Å²) in [5, 5.41) is 9.19. The molecule has 17 heavy (non-hydrogen) atoms. The highest BCUT2D eigenvalue weighted by Crippen LogP contribution is 2.41. The summed E-state index contributed by atoms with van der Waals surface area (Å²) in [5.74, 6) is 0.406. The highest BCUT2D eigenvalue weighted by Gasteiger charge is 2.46. The molecule has 0 aromatic carbocycles. The van der Waals surface area contributed by atoms with Crippen LogP contribution in [-0.4, -0.2) is 37.6 Å². The van der Waals surface area contributed by atoms with Gasteiger partial charge >= 0.3 is 0 Å². The summed E-state index contributed by atoms with van der Waals surface area (Å²) in [5.41, 5.74) is -0.734. The van der Waals surface area contributed by atoms with Gasteiger partial charge in [0, 0.05) is 20.2 Å². The molecule has 0 aliphatic heterocycles. The Labute approximate surface area is 104 Å². The number of nitrogens with zero attached hydrogens (tertiary/aromatic N) is 2. The van der Waals surface area contributed by atoms with Gasteiger partial charge in [-0.3, -0.25) is 4.79 Å². The van der Waals surface area contributed by atoms with Crippen LogP contribution in [0.25, 0.3) is 0 Å². The lowest BCUT2D eigenvalue weighted by molar-refractivity contribution is -0.144. The molecule has 0 aromatic rings. The molecule has 1 fully saturated rings. The minimum absolute atomic E-state index is 0.00278. The molecule has 4 nitrogen and oxygen atoms in total. The van der Waals surface area contributed by atoms with Crippen LogP contribution in [0, 0.1) is 22.7 Å². The van der Waals surface area contributed by atoms with Crippen LogP contribution in [0.3, 0.4) is 0 Å². The van der Waals surface area contributed by atoms with E-state index in [0.717, 1.165) is 6.42 Å². The third-order valence-electron chi connectivity index (χ3n) is 3.27. The molecule has 0 aromatic heterocycles. The molecular weight excluding hydrogens is 216 g/mol. The second-order valence-corrected chi connectivity index (χ2v) is 5.19. The third-order valence-corrected chi connectivity index (χ3v) is 3.27. The predicted molar refractivity (Wildman–Crippen MR) is 65.2 cm³/mol. The van der Waals surface area contributed by atoms with Crippen molar-refractivity contribution < 1.29 is 9.53 Å². The van der Waals surface area contributed by atoms with Crippen LogP contribution in [0.2, 0.25) is 0 Å². The van der Waals surface area contributed by atoms with Crippen molar-refractivity contribution in [1.29, 1.82) is 5.26 Å². The number of amides is 1. The van der Waals surface area contributed by atoms with Gasteiger partial charge in [0.1, 0.15) is 5.41 Å². The maximum absolute atomic E-state index is 12.4. The summed E-state index contributed by atoms with van der Waals surface area (Å²) in [6, 6.07) is 2.21. The van der Waals surface area contributed by atoms with E-state index in [-0.39, 0.29) is 5.91 Å². The van der Waals surface area contributed by atoms with Crippen LogP contribution in [0.1, 0.15) is 33.1 Å². The van der Waals surface area contributed by atoms with Crippen LogP contribution in [0.15, 0.2) is 0 Å². The number of carbonyl (C=O) groups excluding carboxylic acids is 1. The maximum Gasteiger partial charge on any atom is 0.243 e. The van der Waals surface area contributed by atoms with E-state index in [2.05, 4.69) is 19.9 Å². The van der Waals surface area contributed by atoms with Gasteiger partial charge in [-0.15, -0.1) is 0 Å². The molecule has 4 heteroatoms. The quantitative estimate of drug-likeness (QED) is 0.709. The number of carbonyl (C=O) groups is 1. The summed E-state index contributed by atoms with van der Waals surface area (Å²) in [6.45, 7) is 5.96. The maximum atomic E-state index is 12.4. The molecule has 0 radical (unpaired) electrons. The third kappa shape index (κ3) is 3.19. The Bertz CT molecular complexity index is 303. The lowest BCUT2D eigenvalue weighted by Crippen LogP contribution is -2.49. The topological polar surface area (TPSA) is 53.3 Å². The fraction of sp³-hybridized carbons (Fsp3) is 0.846. The second kappa shape index (κ2) is 6.02. The summed E-state index contributed by atoms with van der Waals surface area (Å²) in [6.07, 6.45) is 2.41. The van der Waals surface area contributed by atoms with Gasteiger partial charge in [0.2, 0.25) is 5.91 Å². The smallest absolute Gasteiger partial charge is 0.243 e. The average Bonchev–Trinajstić information content (AvgIpc) is 2.22. The van der Waals surface area contributed by atoms with E-state index in [0.29, 0.717) is 38.5 Å². The zero-order valence-corrected chi connectivity index (χ0v) is 11.0. The number of ether oxygens (including phenoxy) is 1. The van der Waals surface area contributed by atoms with Crippen molar-refractivity contribution in [3.63, 3.8) is 0 Å². The molecule has 0 N–H and O–H groups in total. The number of nitriles is 1. The minimum Gasteiger partial charge on any atom is -0.383 e. The normalized spacial score (nSPS) is 17.4. The predicted octanol–water partition coefficient (Wildman–Crippen LogP) is 1.81. The van der Waals surface area contributed by atoms with Crippen LogP contribution < -0.4 is 0 Å². The van der Waals surface area contributed by atoms with Crippen molar-refractivity contribution >= 4 is 5.91 Å². The van der Waals surface area contributed by atoms with Crippen LogP contribution in [-0.2, 0) is 9.53 Å². The fourth-order valence-corrected chi connectivity index (χ4v) is 2.12. The Morgan fingerprint density at radius 3 is 2.53 bits per heavy atom. The first kappa shape index (κ1) is 14.0. The van der Waals surface area contributed by atoms with Crippen molar-refractivity contribution in [3.8, 4) is 6.07 Å². The molecule has 1 aliphatic carbocycles. The molecule has 1 aliphatic rings. The van der Waals surface area contributed by atoms with Crippen LogP contribution >= 0.6 is 0 Å². The van der Waals surface area contributed by atoms with E-state index >= 15 is 0 Å². The molecule has 0 heterocycles. The zero-order valence-electron chi connectivity index (χ0n) is 11.0. The van der Waals surface area contributed by atoms with Gasteiger partial charge in [0.05, 0.1) is 12.7 Å². The van der Waals surface area contributed by atoms with Crippen molar-refractivity contribution in [2.45, 2.75) is 33.1 Å². The molecule has 0 atom stereocenters. The first-order valence-electron chi connectivity index (χ1n) is 6.25. The Hall–Kier alpha value is -1.08. The molecule has 0 saturated heterocycles. The van der Waals surface area contributed by atoms with Crippen molar-refractivity contribution in [1.82, 2.24) is 4.90 Å². The standard InChI is InChI=1S/C13H22N2O2/c1-11(2)9-15(7-8-17-3)12(16)13(10-14)5-4-6-13/h11H,4-9H2,1-3H3. The number of rotatable bonds is 6. The monoisotopic (exact) mass is 238 g/mol. The van der Waals surface area contributed by atoms with E-state index in [4.69, 9.17) is 4.74 Å². The molecule has 0 spiro atoms. The highest BCUT2D eigenvalue weighted by atomic mass is 16.5. The first-order valence-corrected chi connectivity index (χ1v) is 6.25. The van der Waals surface area contributed by atoms with E-state index in [1.54, 1.807) is 12.0 Å². The molecule has 1 saturated carbocycles. The number of hydrogen-bond acceptors (Lipinski definition) is 3. The molecule has 1 rings (SSSR count). The second-order valence-electron chi connectivity index (χ2n) is 5.19. The first-order chi connectivity index (χ1) is 8.05. The van der Waals surface area contributed by atoms with E-state index < -0.39 is 5.41 Å². The largest absolute Gasteiger partial charge is 0.383 e. The van der Waals surface area contributed by atoms with E-state index in [1.807, 2.05) is 0 Å². The Morgan fingerprint density at radius 1 is 1.53 bits per heavy atom. The summed E-state index contributed by atoms with van der Waals surface area (Å²) in [7, 11) is 1.63. The Kier molecular flexibility index (Phi) is 4.95. The Balaban J connectivity index is 2.68. The van der Waals surface area contributed by atoms with Gasteiger partial charge in [0.15, 0.2) is 0 Å². The lowest BCUT2D eigenvalue weighted by atomic mass is 9.69. The van der Waals surface area contributed by atoms with Crippen molar-refractivity contribution in [2.75, 3.05) is 26.8 Å². The SMILES string of the molecule is COCCN(CC(C)C)C(=O)C1(C#N)CCC1. The zero-order chi connectivity index (χ0) is 12.9. The summed E-state index contributed by atoms with van der Waals surface area (Å²) < 4.78 is 5.03. The number of methoxy groups -OCH3 is 1. The highest BCUT2D eigenvalue weighted by molar-refractivity contribution is 5.86. The van der Waals surface area contributed by atoms with Crippen LogP contribution in [0.4, 0.5) is 0 Å². The molecule has 0 bridgehead atoms. The van der Waals surface area contributed by atoms with Gasteiger partial charge in [-0.05, 0) is 25.2 Å². The van der Waals surface area contributed by atoms with Gasteiger partial charge in [0.25, 0.3) is 0 Å². The lowest BCUT2D eigenvalue weighted by Gasteiger charge is -2.38.